The van der Waals surface area contributed by atoms with E-state index in [1.807, 2.05) is 25.3 Å². The summed E-state index contributed by atoms with van der Waals surface area (Å²) in [7, 11) is 1.71. The highest BCUT2D eigenvalue weighted by atomic mass is 32.1. The highest BCUT2D eigenvalue weighted by Gasteiger charge is 2.31. The molecule has 3 heterocycles. The van der Waals surface area contributed by atoms with Crippen molar-refractivity contribution in [2.45, 2.75) is 26.4 Å². The van der Waals surface area contributed by atoms with Gasteiger partial charge in [-0.05, 0) is 48.5 Å². The van der Waals surface area contributed by atoms with Crippen LogP contribution in [0.4, 0.5) is 0 Å². The van der Waals surface area contributed by atoms with Crippen LogP contribution in [0.2, 0.25) is 0 Å². The van der Waals surface area contributed by atoms with Crippen LogP contribution in [-0.2, 0) is 19.4 Å². The second kappa shape index (κ2) is 7.98. The Hall–Kier alpha value is -2.29. The predicted octanol–water partition coefficient (Wildman–Crippen LogP) is 3.32. The van der Waals surface area contributed by atoms with Gasteiger partial charge in [0, 0.05) is 37.2 Å². The van der Waals surface area contributed by atoms with E-state index in [9.17, 15) is 9.90 Å². The molecule has 1 aliphatic rings. The zero-order valence-electron chi connectivity index (χ0n) is 15.8. The molecule has 0 radical (unpaired) electrons. The van der Waals surface area contributed by atoms with Crippen LogP contribution in [0.3, 0.4) is 0 Å². The summed E-state index contributed by atoms with van der Waals surface area (Å²) >= 11 is 2.84. The Kier molecular flexibility index (Phi) is 5.43. The second-order valence-corrected chi connectivity index (χ2v) is 8.52. The monoisotopic (exact) mass is 415 g/mol. The van der Waals surface area contributed by atoms with E-state index in [4.69, 9.17) is 4.74 Å². The molecule has 1 aliphatic carbocycles. The Morgan fingerprint density at radius 1 is 1.39 bits per heavy atom. The number of hydrogen-bond acceptors (Lipinski definition) is 7. The smallest absolute Gasteiger partial charge is 0.264 e. The number of rotatable bonds is 6. The van der Waals surface area contributed by atoms with Crippen molar-refractivity contribution in [2.75, 3.05) is 20.2 Å². The fourth-order valence-corrected chi connectivity index (χ4v) is 5.46. The highest BCUT2D eigenvalue weighted by Crippen LogP contribution is 2.49. The van der Waals surface area contributed by atoms with Gasteiger partial charge in [0.25, 0.3) is 5.91 Å². The Morgan fingerprint density at radius 3 is 3.04 bits per heavy atom. The Labute approximate surface area is 171 Å². The van der Waals surface area contributed by atoms with Crippen molar-refractivity contribution in [2.24, 2.45) is 0 Å². The van der Waals surface area contributed by atoms with Gasteiger partial charge >= 0.3 is 0 Å². The number of aromatic nitrogens is 2. The first kappa shape index (κ1) is 19.0. The predicted molar refractivity (Wildman–Crippen MR) is 110 cm³/mol. The largest absolute Gasteiger partial charge is 0.479 e. The maximum absolute atomic E-state index is 12.9. The fraction of sp³-hybridized carbons (Fsp3) is 0.350. The van der Waals surface area contributed by atoms with Crippen molar-refractivity contribution in [3.63, 3.8) is 0 Å². The lowest BCUT2D eigenvalue weighted by molar-refractivity contribution is 0.0770. The summed E-state index contributed by atoms with van der Waals surface area (Å²) in [6.07, 6.45) is 5.35. The summed E-state index contributed by atoms with van der Waals surface area (Å²) < 4.78 is 10.6. The standard InChI is InChI=1S/C20H21N3O3S2/c1-12-14(4-3-7-21-12)11-26-20-16-15(6-5-13-10-22-28-17(13)16)18(27-20)19(25)23(2)8-9-24/h3-4,7,10,24H,5-6,8-9,11H2,1-2H3. The number of pyridine rings is 1. The molecule has 1 N–H and O–H groups in total. The minimum atomic E-state index is -0.0735. The fourth-order valence-electron chi connectivity index (χ4n) is 3.33. The maximum atomic E-state index is 12.9. The minimum Gasteiger partial charge on any atom is -0.479 e. The number of thiophene rings is 1. The molecule has 0 bridgehead atoms. The molecule has 0 spiro atoms. The third-order valence-electron chi connectivity index (χ3n) is 4.94. The van der Waals surface area contributed by atoms with Crippen molar-refractivity contribution in [1.29, 1.82) is 0 Å². The van der Waals surface area contributed by atoms with Gasteiger partial charge < -0.3 is 14.7 Å². The summed E-state index contributed by atoms with van der Waals surface area (Å²) in [4.78, 5) is 20.6. The number of likely N-dealkylation sites (N-methyl/N-ethyl adjacent to an activating group) is 1. The van der Waals surface area contributed by atoms with Gasteiger partial charge in [-0.1, -0.05) is 17.4 Å². The summed E-state index contributed by atoms with van der Waals surface area (Å²) in [5, 5.41) is 9.94. The first-order valence-electron chi connectivity index (χ1n) is 9.09. The molecule has 0 saturated heterocycles. The molecule has 28 heavy (non-hydrogen) atoms. The van der Waals surface area contributed by atoms with Crippen LogP contribution in [0.15, 0.2) is 24.5 Å². The van der Waals surface area contributed by atoms with Crippen LogP contribution >= 0.6 is 22.9 Å². The lowest BCUT2D eigenvalue weighted by atomic mass is 9.93. The first-order chi connectivity index (χ1) is 13.6. The molecule has 3 aromatic rings. The van der Waals surface area contributed by atoms with Gasteiger partial charge in [-0.3, -0.25) is 9.78 Å². The third kappa shape index (κ3) is 3.43. The molecule has 0 atom stereocenters. The number of fused-ring (bicyclic) bond motifs is 3. The number of amides is 1. The third-order valence-corrected chi connectivity index (χ3v) is 6.93. The average Bonchev–Trinajstić information content (AvgIpc) is 3.31. The Morgan fingerprint density at radius 2 is 2.25 bits per heavy atom. The zero-order chi connectivity index (χ0) is 19.7. The van der Waals surface area contributed by atoms with E-state index in [2.05, 4.69) is 9.36 Å². The molecule has 0 aliphatic heterocycles. The highest BCUT2D eigenvalue weighted by molar-refractivity contribution is 7.17. The molecular weight excluding hydrogens is 394 g/mol. The van der Waals surface area contributed by atoms with E-state index in [0.717, 1.165) is 45.2 Å². The molecule has 0 unspecified atom stereocenters. The van der Waals surface area contributed by atoms with Gasteiger partial charge in [0.15, 0.2) is 5.06 Å². The lowest BCUT2D eigenvalue weighted by Gasteiger charge is -2.17. The number of carbonyl (C=O) groups excluding carboxylic acids is 1. The summed E-state index contributed by atoms with van der Waals surface area (Å²) in [5.74, 6) is -0.0735. The quantitative estimate of drug-likeness (QED) is 0.668. The number of hydrogen-bond donors (Lipinski definition) is 1. The summed E-state index contributed by atoms with van der Waals surface area (Å²) in [6.45, 7) is 2.62. The van der Waals surface area contributed by atoms with Crippen LogP contribution in [-0.4, -0.2) is 45.5 Å². The Bertz CT molecular complexity index is 1010. The van der Waals surface area contributed by atoms with Gasteiger partial charge in [0.2, 0.25) is 0 Å². The van der Waals surface area contributed by atoms with Gasteiger partial charge in [0.05, 0.1) is 21.9 Å². The van der Waals surface area contributed by atoms with Crippen molar-refractivity contribution in [3.8, 4) is 15.5 Å². The normalized spacial score (nSPS) is 12.4. The van der Waals surface area contributed by atoms with Crippen LogP contribution in [0.1, 0.15) is 32.1 Å². The van der Waals surface area contributed by atoms with E-state index >= 15 is 0 Å². The SMILES string of the molecule is Cc1ncccc1COc1sc(C(=O)N(C)CCO)c2c1-c1sncc1CC2. The molecule has 146 valence electrons. The van der Waals surface area contributed by atoms with Gasteiger partial charge in [-0.25, -0.2) is 4.37 Å². The van der Waals surface area contributed by atoms with E-state index in [-0.39, 0.29) is 12.5 Å². The van der Waals surface area contributed by atoms with Gasteiger partial charge in [-0.2, -0.15) is 0 Å². The van der Waals surface area contributed by atoms with Crippen molar-refractivity contribution in [1.82, 2.24) is 14.3 Å². The number of nitrogens with zero attached hydrogens (tertiary/aromatic N) is 3. The van der Waals surface area contributed by atoms with Crippen LogP contribution in [0.5, 0.6) is 5.06 Å². The molecule has 3 aromatic heterocycles. The van der Waals surface area contributed by atoms with Crippen LogP contribution in [0, 0.1) is 6.92 Å². The number of aliphatic hydroxyl groups is 1. The molecule has 8 heteroatoms. The number of carbonyl (C=O) groups is 1. The second-order valence-electron chi connectivity index (χ2n) is 6.74. The van der Waals surface area contributed by atoms with Crippen LogP contribution < -0.4 is 4.74 Å². The number of aryl methyl sites for hydroxylation is 2. The van der Waals surface area contributed by atoms with Gasteiger partial charge in [0.1, 0.15) is 6.61 Å². The molecule has 1 amide bonds. The average molecular weight is 416 g/mol. The Balaban J connectivity index is 1.72. The molecule has 0 aromatic carbocycles. The topological polar surface area (TPSA) is 75.5 Å². The van der Waals surface area contributed by atoms with Crippen molar-refractivity contribution < 1.29 is 14.6 Å². The molecule has 6 nitrogen and oxygen atoms in total. The number of aliphatic hydroxyl groups excluding tert-OH is 1. The minimum absolute atomic E-state index is 0.0571. The van der Waals surface area contributed by atoms with Gasteiger partial charge in [-0.15, -0.1) is 0 Å². The lowest BCUT2D eigenvalue weighted by Crippen LogP contribution is -2.29. The molecule has 0 fully saturated rings. The van der Waals surface area contributed by atoms with E-state index in [0.29, 0.717) is 18.0 Å². The maximum Gasteiger partial charge on any atom is 0.264 e. The number of ether oxygens (including phenoxy) is 1. The van der Waals surface area contributed by atoms with E-state index < -0.39 is 0 Å². The van der Waals surface area contributed by atoms with Crippen LogP contribution in [0.25, 0.3) is 10.4 Å². The first-order valence-corrected chi connectivity index (χ1v) is 10.7. The zero-order valence-corrected chi connectivity index (χ0v) is 17.4. The molecular formula is C20H21N3O3S2. The van der Waals surface area contributed by atoms with Crippen molar-refractivity contribution in [3.05, 3.63) is 51.8 Å². The molecule has 0 saturated carbocycles. The van der Waals surface area contributed by atoms with E-state index in [1.165, 1.54) is 28.4 Å². The van der Waals surface area contributed by atoms with E-state index in [1.54, 1.807) is 18.1 Å². The summed E-state index contributed by atoms with van der Waals surface area (Å²) in [6, 6.07) is 3.90. The van der Waals surface area contributed by atoms with Crippen molar-refractivity contribution >= 4 is 28.8 Å². The summed E-state index contributed by atoms with van der Waals surface area (Å²) in [5.41, 5.74) is 5.21. The molecule has 4 rings (SSSR count).